The standard InChI is InChI=1S/C11H16N4O3.CH3FS/c16-15(17)10-5-12-14(6-10)8-11-7-13(3-4-18-11)9-1-2-9;1-3-2/h5-6,9,11H,1-4,7-8H2;1H3. The Labute approximate surface area is 126 Å². The molecular formula is C12H19FN4O3S. The Kier molecular flexibility index (Phi) is 5.95. The predicted molar refractivity (Wildman–Crippen MR) is 77.8 cm³/mol. The summed E-state index contributed by atoms with van der Waals surface area (Å²) in [4.78, 5) is 12.6. The van der Waals surface area contributed by atoms with Gasteiger partial charge >= 0.3 is 5.69 Å². The number of aromatic nitrogens is 2. The SMILES string of the molecule is CSF.O=[N+]([O-])c1cnn(CC2CN(C3CC3)CCO2)c1. The van der Waals surface area contributed by atoms with Crippen molar-refractivity contribution in [2.45, 2.75) is 31.5 Å². The third kappa shape index (κ3) is 4.94. The number of halogens is 1. The Bertz CT molecular complexity index is 469. The highest BCUT2D eigenvalue weighted by Gasteiger charge is 2.33. The molecule has 1 aliphatic heterocycles. The first-order chi connectivity index (χ1) is 10.1. The second-order valence-corrected chi connectivity index (χ2v) is 5.36. The molecule has 0 radical (unpaired) electrons. The molecule has 1 unspecified atom stereocenters. The fraction of sp³-hybridized carbons (Fsp3) is 0.750. The molecule has 3 rings (SSSR count). The first-order valence-corrected chi connectivity index (χ1v) is 7.93. The summed E-state index contributed by atoms with van der Waals surface area (Å²) in [5.74, 6) is 0. The molecule has 0 amide bonds. The number of nitrogens with zero attached hydrogens (tertiary/aromatic N) is 4. The number of rotatable bonds is 4. The Morgan fingerprint density at radius 2 is 2.33 bits per heavy atom. The molecule has 118 valence electrons. The van der Waals surface area contributed by atoms with Crippen LogP contribution in [0.2, 0.25) is 0 Å². The van der Waals surface area contributed by atoms with E-state index in [4.69, 9.17) is 4.74 Å². The van der Waals surface area contributed by atoms with Crippen LogP contribution in [-0.2, 0) is 11.3 Å². The number of morpholine rings is 1. The third-order valence-corrected chi connectivity index (χ3v) is 3.45. The maximum Gasteiger partial charge on any atom is 0.306 e. The molecule has 1 saturated heterocycles. The van der Waals surface area contributed by atoms with Crippen LogP contribution < -0.4 is 0 Å². The molecule has 9 heteroatoms. The van der Waals surface area contributed by atoms with Crippen LogP contribution in [0.15, 0.2) is 12.4 Å². The molecule has 0 spiro atoms. The summed E-state index contributed by atoms with van der Waals surface area (Å²) in [5.41, 5.74) is 0.0323. The lowest BCUT2D eigenvalue weighted by Crippen LogP contribution is -2.45. The van der Waals surface area contributed by atoms with Crippen molar-refractivity contribution in [1.29, 1.82) is 0 Å². The molecule has 1 aromatic rings. The number of ether oxygens (including phenoxy) is 1. The van der Waals surface area contributed by atoms with Crippen LogP contribution in [0.25, 0.3) is 0 Å². The lowest BCUT2D eigenvalue weighted by Gasteiger charge is -2.32. The minimum absolute atomic E-state index is 0.0323. The molecule has 0 bridgehead atoms. The lowest BCUT2D eigenvalue weighted by atomic mass is 10.2. The van der Waals surface area contributed by atoms with Crippen molar-refractivity contribution in [2.75, 3.05) is 26.0 Å². The molecule has 1 aliphatic carbocycles. The van der Waals surface area contributed by atoms with E-state index >= 15 is 0 Å². The second-order valence-electron chi connectivity index (χ2n) is 5.05. The smallest absolute Gasteiger partial charge is 0.306 e. The van der Waals surface area contributed by atoms with E-state index in [9.17, 15) is 14.0 Å². The molecule has 1 atom stereocenters. The summed E-state index contributed by atoms with van der Waals surface area (Å²) < 4.78 is 17.5. The fourth-order valence-corrected chi connectivity index (χ4v) is 2.38. The van der Waals surface area contributed by atoms with E-state index < -0.39 is 4.92 Å². The second kappa shape index (κ2) is 7.71. The van der Waals surface area contributed by atoms with Gasteiger partial charge in [-0.1, -0.05) is 0 Å². The minimum atomic E-state index is -0.429. The molecule has 2 aliphatic rings. The first-order valence-electron chi connectivity index (χ1n) is 6.81. The maximum atomic E-state index is 10.6. The summed E-state index contributed by atoms with van der Waals surface area (Å²) in [6.07, 6.45) is 6.78. The van der Waals surface area contributed by atoms with Crippen LogP contribution >= 0.6 is 12.1 Å². The number of hydrogen-bond donors (Lipinski definition) is 0. The van der Waals surface area contributed by atoms with Gasteiger partial charge in [0.2, 0.25) is 0 Å². The molecular weight excluding hydrogens is 299 g/mol. The normalized spacial score (nSPS) is 22.5. The van der Waals surface area contributed by atoms with E-state index in [1.165, 1.54) is 31.5 Å². The van der Waals surface area contributed by atoms with Gasteiger partial charge in [0.05, 0.1) is 24.2 Å². The van der Waals surface area contributed by atoms with Crippen LogP contribution in [0.5, 0.6) is 0 Å². The Morgan fingerprint density at radius 3 is 2.90 bits per heavy atom. The summed E-state index contributed by atoms with van der Waals surface area (Å²) in [7, 11) is 0. The van der Waals surface area contributed by atoms with Crippen LogP contribution in [0.1, 0.15) is 12.8 Å². The number of nitro groups is 1. The lowest BCUT2D eigenvalue weighted by molar-refractivity contribution is -0.385. The molecule has 0 N–H and O–H groups in total. The Hall–Kier alpha value is -1.19. The van der Waals surface area contributed by atoms with Crippen molar-refractivity contribution in [3.63, 3.8) is 0 Å². The zero-order chi connectivity index (χ0) is 15.2. The van der Waals surface area contributed by atoms with Gasteiger partial charge in [-0.05, 0) is 12.8 Å². The zero-order valence-corrected chi connectivity index (χ0v) is 12.7. The topological polar surface area (TPSA) is 73.4 Å². The summed E-state index contributed by atoms with van der Waals surface area (Å²) in [5, 5.41) is 14.6. The van der Waals surface area contributed by atoms with Gasteiger partial charge in [0, 0.05) is 37.5 Å². The molecule has 7 nitrogen and oxygen atoms in total. The van der Waals surface area contributed by atoms with E-state index in [1.54, 1.807) is 4.68 Å². The van der Waals surface area contributed by atoms with Gasteiger partial charge in [-0.2, -0.15) is 8.98 Å². The molecule has 0 aromatic carbocycles. The van der Waals surface area contributed by atoms with E-state index in [0.29, 0.717) is 6.54 Å². The van der Waals surface area contributed by atoms with Crippen molar-refractivity contribution >= 4 is 17.8 Å². The van der Waals surface area contributed by atoms with E-state index in [-0.39, 0.29) is 23.9 Å². The molecule has 2 fully saturated rings. The third-order valence-electron chi connectivity index (χ3n) is 3.45. The van der Waals surface area contributed by atoms with Crippen molar-refractivity contribution in [3.8, 4) is 0 Å². The molecule has 21 heavy (non-hydrogen) atoms. The van der Waals surface area contributed by atoms with Gasteiger partial charge in [0.15, 0.2) is 0 Å². The molecule has 1 aromatic heterocycles. The van der Waals surface area contributed by atoms with Gasteiger partial charge in [-0.25, -0.2) is 0 Å². The van der Waals surface area contributed by atoms with Gasteiger partial charge < -0.3 is 4.74 Å². The van der Waals surface area contributed by atoms with Crippen LogP contribution in [0, 0.1) is 10.1 Å². The Morgan fingerprint density at radius 1 is 1.62 bits per heavy atom. The maximum absolute atomic E-state index is 10.6. The summed E-state index contributed by atoms with van der Waals surface area (Å²) in [6, 6.07) is 0.739. The largest absolute Gasteiger partial charge is 0.374 e. The fourth-order valence-electron chi connectivity index (χ4n) is 2.38. The summed E-state index contributed by atoms with van der Waals surface area (Å²) in [6.45, 7) is 3.22. The van der Waals surface area contributed by atoms with Crippen LogP contribution in [-0.4, -0.2) is 57.7 Å². The monoisotopic (exact) mass is 318 g/mol. The molecule has 2 heterocycles. The van der Waals surface area contributed by atoms with Crippen molar-refractivity contribution in [2.24, 2.45) is 0 Å². The Balaban J connectivity index is 0.000000497. The average molecular weight is 318 g/mol. The van der Waals surface area contributed by atoms with Gasteiger partial charge in [0.25, 0.3) is 0 Å². The van der Waals surface area contributed by atoms with Crippen molar-refractivity contribution in [3.05, 3.63) is 22.5 Å². The van der Waals surface area contributed by atoms with E-state index in [1.807, 2.05) is 0 Å². The molecule has 1 saturated carbocycles. The van der Waals surface area contributed by atoms with E-state index in [0.717, 1.165) is 25.7 Å². The van der Waals surface area contributed by atoms with E-state index in [2.05, 4.69) is 10.00 Å². The highest BCUT2D eigenvalue weighted by atomic mass is 32.2. The summed E-state index contributed by atoms with van der Waals surface area (Å²) >= 11 is 0.250. The highest BCUT2D eigenvalue weighted by molar-refractivity contribution is 7.93. The number of hydrogen-bond acceptors (Lipinski definition) is 6. The van der Waals surface area contributed by atoms with Crippen LogP contribution in [0.3, 0.4) is 0 Å². The van der Waals surface area contributed by atoms with Crippen molar-refractivity contribution < 1.29 is 13.5 Å². The average Bonchev–Trinajstić information content (AvgIpc) is 3.20. The highest BCUT2D eigenvalue weighted by Crippen LogP contribution is 2.28. The van der Waals surface area contributed by atoms with Crippen LogP contribution in [0.4, 0.5) is 9.57 Å². The zero-order valence-electron chi connectivity index (χ0n) is 11.9. The quantitative estimate of drug-likeness (QED) is 0.623. The van der Waals surface area contributed by atoms with Gasteiger partial charge in [-0.3, -0.25) is 19.7 Å². The van der Waals surface area contributed by atoms with Crippen molar-refractivity contribution in [1.82, 2.24) is 14.7 Å². The first kappa shape index (κ1) is 16.2. The van der Waals surface area contributed by atoms with Gasteiger partial charge in [-0.15, -0.1) is 0 Å². The van der Waals surface area contributed by atoms with Gasteiger partial charge in [0.1, 0.15) is 12.4 Å². The predicted octanol–water partition coefficient (Wildman–Crippen LogP) is 1.89. The minimum Gasteiger partial charge on any atom is -0.374 e.